The molecular weight excluding hydrogens is 361 g/mol. The molecule has 0 unspecified atom stereocenters. The van der Waals surface area contributed by atoms with E-state index in [1.54, 1.807) is 24.3 Å². The molecule has 9 heteroatoms. The van der Waals surface area contributed by atoms with Crippen LogP contribution in [0.5, 0.6) is 0 Å². The van der Waals surface area contributed by atoms with E-state index >= 15 is 0 Å². The summed E-state index contributed by atoms with van der Waals surface area (Å²) in [6.07, 6.45) is -4.68. The summed E-state index contributed by atoms with van der Waals surface area (Å²) >= 11 is 5.61. The van der Waals surface area contributed by atoms with Gasteiger partial charge in [-0.25, -0.2) is 0 Å². The minimum Gasteiger partial charge on any atom is -0.480 e. The molecule has 0 aliphatic carbocycles. The Balaban J connectivity index is 2.11. The van der Waals surface area contributed by atoms with Crippen LogP contribution >= 0.6 is 11.6 Å². The third-order valence-corrected chi connectivity index (χ3v) is 3.70. The number of aliphatic carboxylic acids is 1. The average molecular weight is 371 g/mol. The van der Waals surface area contributed by atoms with Crippen LogP contribution in [0.3, 0.4) is 0 Å². The number of anilines is 2. The van der Waals surface area contributed by atoms with E-state index in [9.17, 15) is 18.0 Å². The number of benzene rings is 2. The highest BCUT2D eigenvalue weighted by Crippen LogP contribution is 2.38. The summed E-state index contributed by atoms with van der Waals surface area (Å²) in [4.78, 5) is 16.3. The van der Waals surface area contributed by atoms with Crippen molar-refractivity contribution in [1.29, 1.82) is 0 Å². The zero-order chi connectivity index (χ0) is 18.2. The standard InChI is InChI=1S/C16H10ClF3N2O3/c17-11-6-5-9(7-10(11)16(18,19)20)22(8-14(23)24)15-21-12-3-1-2-4-13(12)25-15/h1-7H,8H2,(H,23,24). The van der Waals surface area contributed by atoms with Gasteiger partial charge in [-0.3, -0.25) is 9.69 Å². The van der Waals surface area contributed by atoms with Crippen LogP contribution in [-0.4, -0.2) is 22.6 Å². The first kappa shape index (κ1) is 17.1. The molecule has 0 bridgehead atoms. The molecule has 0 atom stereocenters. The molecule has 130 valence electrons. The molecule has 0 aliphatic rings. The Kier molecular flexibility index (Phi) is 4.30. The highest BCUT2D eigenvalue weighted by atomic mass is 35.5. The predicted molar refractivity (Wildman–Crippen MR) is 85.1 cm³/mol. The SMILES string of the molecule is O=C(O)CN(c1ccc(Cl)c(C(F)(F)F)c1)c1nc2ccccc2o1. The van der Waals surface area contributed by atoms with Gasteiger partial charge in [0.25, 0.3) is 0 Å². The smallest absolute Gasteiger partial charge is 0.417 e. The van der Waals surface area contributed by atoms with Gasteiger partial charge in [-0.1, -0.05) is 23.7 Å². The van der Waals surface area contributed by atoms with Gasteiger partial charge in [-0.05, 0) is 30.3 Å². The molecule has 3 aromatic rings. The van der Waals surface area contributed by atoms with Gasteiger partial charge >= 0.3 is 18.2 Å². The number of nitrogens with zero attached hydrogens (tertiary/aromatic N) is 2. The minimum absolute atomic E-state index is 0.0503. The van der Waals surface area contributed by atoms with E-state index < -0.39 is 29.3 Å². The first-order chi connectivity index (χ1) is 11.8. The first-order valence-corrected chi connectivity index (χ1v) is 7.35. The zero-order valence-electron chi connectivity index (χ0n) is 12.4. The number of para-hydroxylation sites is 2. The van der Waals surface area contributed by atoms with Crippen LogP contribution in [0.4, 0.5) is 24.9 Å². The molecule has 1 aromatic heterocycles. The fourth-order valence-corrected chi connectivity index (χ4v) is 2.50. The van der Waals surface area contributed by atoms with Crippen LogP contribution in [0, 0.1) is 0 Å². The van der Waals surface area contributed by atoms with Crippen molar-refractivity contribution in [2.45, 2.75) is 6.18 Å². The summed E-state index contributed by atoms with van der Waals surface area (Å²) in [7, 11) is 0. The van der Waals surface area contributed by atoms with Crippen LogP contribution in [0.15, 0.2) is 46.9 Å². The number of carboxylic acid groups (broad SMARTS) is 1. The molecule has 0 radical (unpaired) electrons. The molecule has 5 nitrogen and oxygen atoms in total. The normalized spacial score (nSPS) is 11.7. The fraction of sp³-hybridized carbons (Fsp3) is 0.125. The lowest BCUT2D eigenvalue weighted by Crippen LogP contribution is -2.25. The van der Waals surface area contributed by atoms with E-state index in [2.05, 4.69) is 4.98 Å². The largest absolute Gasteiger partial charge is 0.480 e. The van der Waals surface area contributed by atoms with E-state index in [1.165, 1.54) is 6.07 Å². The lowest BCUT2D eigenvalue weighted by atomic mass is 10.2. The summed E-state index contributed by atoms with van der Waals surface area (Å²) in [5.41, 5.74) is -0.278. The van der Waals surface area contributed by atoms with Crippen molar-refractivity contribution in [2.24, 2.45) is 0 Å². The average Bonchev–Trinajstić information content (AvgIpc) is 2.95. The van der Waals surface area contributed by atoms with Crippen molar-refractivity contribution in [1.82, 2.24) is 4.98 Å². The van der Waals surface area contributed by atoms with E-state index in [1.807, 2.05) is 0 Å². The van der Waals surface area contributed by atoms with E-state index in [0.29, 0.717) is 11.1 Å². The molecule has 0 spiro atoms. The predicted octanol–water partition coefficient (Wildman–Crippen LogP) is 4.72. The van der Waals surface area contributed by atoms with Crippen LogP contribution in [0.2, 0.25) is 5.02 Å². The maximum absolute atomic E-state index is 13.1. The lowest BCUT2D eigenvalue weighted by Gasteiger charge is -2.20. The number of halogens is 4. The van der Waals surface area contributed by atoms with Crippen molar-refractivity contribution < 1.29 is 27.5 Å². The van der Waals surface area contributed by atoms with Crippen LogP contribution in [0.1, 0.15) is 5.56 Å². The second-order valence-electron chi connectivity index (χ2n) is 5.11. The van der Waals surface area contributed by atoms with Crippen molar-refractivity contribution >= 4 is 40.4 Å². The van der Waals surface area contributed by atoms with Crippen molar-refractivity contribution in [3.63, 3.8) is 0 Å². The van der Waals surface area contributed by atoms with Crippen molar-refractivity contribution in [3.05, 3.63) is 53.1 Å². The molecule has 0 amide bonds. The summed E-state index contributed by atoms with van der Waals surface area (Å²) in [6.45, 7) is -0.633. The molecule has 2 aromatic carbocycles. The highest BCUT2D eigenvalue weighted by Gasteiger charge is 2.34. The van der Waals surface area contributed by atoms with Crippen LogP contribution < -0.4 is 4.90 Å². The number of hydrogen-bond acceptors (Lipinski definition) is 4. The van der Waals surface area contributed by atoms with Gasteiger partial charge in [0, 0.05) is 5.69 Å². The number of carboxylic acids is 1. The molecule has 1 heterocycles. The van der Waals surface area contributed by atoms with Gasteiger partial charge in [-0.2, -0.15) is 18.2 Å². The van der Waals surface area contributed by atoms with E-state index in [0.717, 1.165) is 17.0 Å². The monoisotopic (exact) mass is 370 g/mol. The molecular formula is C16H10ClF3N2O3. The van der Waals surface area contributed by atoms with Crippen molar-refractivity contribution in [2.75, 3.05) is 11.4 Å². The van der Waals surface area contributed by atoms with Crippen molar-refractivity contribution in [3.8, 4) is 0 Å². The molecule has 0 aliphatic heterocycles. The number of fused-ring (bicyclic) bond motifs is 1. The van der Waals surface area contributed by atoms with Gasteiger partial charge in [0.15, 0.2) is 5.58 Å². The number of alkyl halides is 3. The number of rotatable bonds is 4. The third-order valence-electron chi connectivity index (χ3n) is 3.37. The molecule has 0 fully saturated rings. The Hall–Kier alpha value is -2.74. The Morgan fingerprint density at radius 2 is 1.96 bits per heavy atom. The quantitative estimate of drug-likeness (QED) is 0.719. The van der Waals surface area contributed by atoms with Gasteiger partial charge in [-0.15, -0.1) is 0 Å². The Labute approximate surface area is 144 Å². The van der Waals surface area contributed by atoms with Gasteiger partial charge < -0.3 is 9.52 Å². The lowest BCUT2D eigenvalue weighted by molar-refractivity contribution is -0.137. The summed E-state index contributed by atoms with van der Waals surface area (Å²) in [5, 5.41) is 8.62. The Morgan fingerprint density at radius 3 is 2.60 bits per heavy atom. The van der Waals surface area contributed by atoms with E-state index in [-0.39, 0.29) is 11.7 Å². The highest BCUT2D eigenvalue weighted by molar-refractivity contribution is 6.31. The molecule has 1 N–H and O–H groups in total. The molecule has 3 rings (SSSR count). The van der Waals surface area contributed by atoms with Crippen LogP contribution in [0.25, 0.3) is 11.1 Å². The Bertz CT molecular complexity index is 907. The molecule has 0 saturated carbocycles. The second kappa shape index (κ2) is 6.29. The topological polar surface area (TPSA) is 66.6 Å². The number of oxazole rings is 1. The maximum Gasteiger partial charge on any atom is 0.417 e. The minimum atomic E-state index is -4.68. The molecule has 25 heavy (non-hydrogen) atoms. The van der Waals surface area contributed by atoms with E-state index in [4.69, 9.17) is 21.1 Å². The third kappa shape index (κ3) is 3.53. The number of carbonyl (C=O) groups is 1. The summed E-state index contributed by atoms with van der Waals surface area (Å²) in [6, 6.07) is 9.63. The van der Waals surface area contributed by atoms with Gasteiger partial charge in [0.1, 0.15) is 12.1 Å². The zero-order valence-corrected chi connectivity index (χ0v) is 13.2. The fourth-order valence-electron chi connectivity index (χ4n) is 2.28. The van der Waals surface area contributed by atoms with Crippen LogP contribution in [-0.2, 0) is 11.0 Å². The summed E-state index contributed by atoms with van der Waals surface area (Å²) < 4.78 is 44.7. The molecule has 0 saturated heterocycles. The second-order valence-corrected chi connectivity index (χ2v) is 5.51. The van der Waals surface area contributed by atoms with Gasteiger partial charge in [0.2, 0.25) is 0 Å². The first-order valence-electron chi connectivity index (χ1n) is 6.97. The Morgan fingerprint density at radius 1 is 1.24 bits per heavy atom. The summed E-state index contributed by atoms with van der Waals surface area (Å²) in [5.74, 6) is -1.26. The maximum atomic E-state index is 13.1. The van der Waals surface area contributed by atoms with Gasteiger partial charge in [0.05, 0.1) is 10.6 Å². The number of aromatic nitrogens is 1. The number of hydrogen-bond donors (Lipinski definition) is 1.